The molecule has 4 rings (SSSR count). The number of hydrogen-bond acceptors (Lipinski definition) is 2. The SMILES string of the molecule is CCCCCc1ccc(C(=O)Oc2cc(F)c(-c3cc(F)c(-c4cc(F)c(/C=C/C(F)(F)F)c(F)c4)c(F)c3)c(F)c2)c(F)c1. The van der Waals surface area contributed by atoms with Crippen LogP contribution in [0.15, 0.2) is 60.7 Å². The van der Waals surface area contributed by atoms with E-state index < -0.39 is 98.1 Å². The van der Waals surface area contributed by atoms with Crippen LogP contribution in [-0.4, -0.2) is 12.1 Å². The fourth-order valence-corrected chi connectivity index (χ4v) is 4.56. The Morgan fingerprint density at radius 3 is 1.69 bits per heavy atom. The van der Waals surface area contributed by atoms with Gasteiger partial charge in [0.2, 0.25) is 0 Å². The second-order valence-electron chi connectivity index (χ2n) is 9.97. The minimum absolute atomic E-state index is 0.110. The summed E-state index contributed by atoms with van der Waals surface area (Å²) < 4.78 is 145. The van der Waals surface area contributed by atoms with Gasteiger partial charge in [-0.1, -0.05) is 25.8 Å². The van der Waals surface area contributed by atoms with Gasteiger partial charge in [-0.2, -0.15) is 13.2 Å². The molecule has 0 saturated heterocycles. The van der Waals surface area contributed by atoms with Gasteiger partial charge in [0, 0.05) is 23.8 Å². The zero-order chi connectivity index (χ0) is 33.1. The number of hydrogen-bond donors (Lipinski definition) is 0. The molecular formula is C33H22F10O2. The molecule has 0 aliphatic heterocycles. The summed E-state index contributed by atoms with van der Waals surface area (Å²) >= 11 is 0. The van der Waals surface area contributed by atoms with E-state index >= 15 is 8.78 Å². The Morgan fingerprint density at radius 1 is 0.689 bits per heavy atom. The van der Waals surface area contributed by atoms with Crippen LogP contribution in [0.3, 0.4) is 0 Å². The monoisotopic (exact) mass is 640 g/mol. The molecule has 0 atom stereocenters. The van der Waals surface area contributed by atoms with E-state index in [-0.39, 0.29) is 6.08 Å². The van der Waals surface area contributed by atoms with Crippen molar-refractivity contribution in [2.45, 2.75) is 38.8 Å². The number of esters is 1. The molecule has 4 aromatic carbocycles. The molecule has 4 aromatic rings. The molecular weight excluding hydrogens is 618 g/mol. The lowest BCUT2D eigenvalue weighted by Gasteiger charge is -2.13. The fraction of sp³-hybridized carbons (Fsp3) is 0.182. The molecule has 2 nitrogen and oxygen atoms in total. The van der Waals surface area contributed by atoms with Gasteiger partial charge in [0.15, 0.2) is 0 Å². The third-order valence-corrected chi connectivity index (χ3v) is 6.69. The Kier molecular flexibility index (Phi) is 10.0. The highest BCUT2D eigenvalue weighted by molar-refractivity contribution is 5.91. The summed E-state index contributed by atoms with van der Waals surface area (Å²) in [5.41, 5.74) is -4.34. The van der Waals surface area contributed by atoms with Crippen molar-refractivity contribution in [3.63, 3.8) is 0 Å². The van der Waals surface area contributed by atoms with Crippen LogP contribution >= 0.6 is 0 Å². The van der Waals surface area contributed by atoms with Crippen molar-refractivity contribution < 1.29 is 53.4 Å². The van der Waals surface area contributed by atoms with Crippen molar-refractivity contribution in [1.29, 1.82) is 0 Å². The lowest BCUT2D eigenvalue weighted by molar-refractivity contribution is -0.0790. The average molecular weight is 641 g/mol. The first-order chi connectivity index (χ1) is 21.2. The zero-order valence-electron chi connectivity index (χ0n) is 23.3. The van der Waals surface area contributed by atoms with E-state index in [0.717, 1.165) is 25.3 Å². The minimum Gasteiger partial charge on any atom is -0.423 e. The second-order valence-corrected chi connectivity index (χ2v) is 9.97. The van der Waals surface area contributed by atoms with E-state index in [1.165, 1.54) is 12.1 Å². The van der Waals surface area contributed by atoms with E-state index in [1.807, 2.05) is 6.92 Å². The highest BCUT2D eigenvalue weighted by Crippen LogP contribution is 2.36. The van der Waals surface area contributed by atoms with Crippen LogP contribution < -0.4 is 4.74 Å². The number of aryl methyl sites for hydroxylation is 1. The van der Waals surface area contributed by atoms with Crippen LogP contribution in [-0.2, 0) is 6.42 Å². The molecule has 45 heavy (non-hydrogen) atoms. The van der Waals surface area contributed by atoms with Crippen molar-refractivity contribution in [1.82, 2.24) is 0 Å². The number of allylic oxidation sites excluding steroid dienone is 1. The van der Waals surface area contributed by atoms with Crippen molar-refractivity contribution >= 4 is 12.0 Å². The van der Waals surface area contributed by atoms with E-state index in [9.17, 15) is 39.9 Å². The summed E-state index contributed by atoms with van der Waals surface area (Å²) in [6.45, 7) is 2.01. The molecule has 0 radical (unpaired) electrons. The minimum atomic E-state index is -4.88. The van der Waals surface area contributed by atoms with Gasteiger partial charge in [-0.3, -0.25) is 0 Å². The van der Waals surface area contributed by atoms with Crippen molar-refractivity contribution in [2.24, 2.45) is 0 Å². The van der Waals surface area contributed by atoms with Crippen LogP contribution in [0.1, 0.15) is 47.7 Å². The van der Waals surface area contributed by atoms with E-state index in [0.29, 0.717) is 48.4 Å². The van der Waals surface area contributed by atoms with Gasteiger partial charge in [0.1, 0.15) is 46.5 Å². The van der Waals surface area contributed by atoms with Crippen LogP contribution in [0.25, 0.3) is 28.3 Å². The Balaban J connectivity index is 1.60. The third kappa shape index (κ3) is 7.92. The van der Waals surface area contributed by atoms with Crippen molar-refractivity contribution in [3.05, 3.63) is 118 Å². The largest absolute Gasteiger partial charge is 0.423 e. The van der Waals surface area contributed by atoms with Gasteiger partial charge >= 0.3 is 12.1 Å². The number of halogens is 10. The van der Waals surface area contributed by atoms with Gasteiger partial charge in [0.25, 0.3) is 0 Å². The molecule has 0 fully saturated rings. The molecule has 0 unspecified atom stereocenters. The number of alkyl halides is 3. The first kappa shape index (κ1) is 33.3. The second kappa shape index (κ2) is 13.6. The highest BCUT2D eigenvalue weighted by Gasteiger charge is 2.25. The summed E-state index contributed by atoms with van der Waals surface area (Å²) in [6.07, 6.45) is -1.90. The lowest BCUT2D eigenvalue weighted by atomic mass is 9.97. The number of carbonyl (C=O) groups is 1. The summed E-state index contributed by atoms with van der Waals surface area (Å²) in [5, 5.41) is 0. The summed E-state index contributed by atoms with van der Waals surface area (Å²) in [7, 11) is 0. The summed E-state index contributed by atoms with van der Waals surface area (Å²) in [5.74, 6) is -11.8. The number of rotatable bonds is 9. The van der Waals surface area contributed by atoms with Crippen LogP contribution in [0.2, 0.25) is 0 Å². The van der Waals surface area contributed by atoms with E-state index in [2.05, 4.69) is 0 Å². The maximum atomic E-state index is 15.0. The Bertz CT molecular complexity index is 1710. The zero-order valence-corrected chi connectivity index (χ0v) is 23.3. The summed E-state index contributed by atoms with van der Waals surface area (Å²) in [4.78, 5) is 12.5. The molecule has 0 N–H and O–H groups in total. The summed E-state index contributed by atoms with van der Waals surface area (Å²) in [6, 6.07) is 6.66. The van der Waals surface area contributed by atoms with Gasteiger partial charge in [-0.05, 0) is 72.0 Å². The number of unbranched alkanes of at least 4 members (excludes halogenated alkanes) is 2. The topological polar surface area (TPSA) is 26.3 Å². The Morgan fingerprint density at radius 2 is 1.20 bits per heavy atom. The number of carbonyl (C=O) groups excluding carboxylic acids is 1. The average Bonchev–Trinajstić information content (AvgIpc) is 2.91. The first-order valence-corrected chi connectivity index (χ1v) is 13.4. The maximum absolute atomic E-state index is 15.0. The Hall–Kier alpha value is -4.61. The van der Waals surface area contributed by atoms with Gasteiger partial charge < -0.3 is 4.74 Å². The predicted octanol–water partition coefficient (Wildman–Crippen LogP) is 10.5. The smallest absolute Gasteiger partial charge is 0.409 e. The normalized spacial score (nSPS) is 11.8. The molecule has 12 heteroatoms. The molecule has 0 spiro atoms. The van der Waals surface area contributed by atoms with Crippen LogP contribution in [0.5, 0.6) is 5.75 Å². The number of ether oxygens (including phenoxy) is 1. The molecule has 0 aliphatic rings. The van der Waals surface area contributed by atoms with Gasteiger partial charge in [-0.25, -0.2) is 35.5 Å². The van der Waals surface area contributed by atoms with E-state index in [1.54, 1.807) is 0 Å². The highest BCUT2D eigenvalue weighted by atomic mass is 19.4. The number of benzene rings is 4. The van der Waals surface area contributed by atoms with Crippen LogP contribution in [0.4, 0.5) is 43.9 Å². The first-order valence-electron chi connectivity index (χ1n) is 13.4. The Labute approximate surface area is 250 Å². The van der Waals surface area contributed by atoms with Crippen molar-refractivity contribution in [2.75, 3.05) is 0 Å². The van der Waals surface area contributed by atoms with Crippen molar-refractivity contribution in [3.8, 4) is 28.0 Å². The quantitative estimate of drug-likeness (QED) is 0.0788. The van der Waals surface area contributed by atoms with E-state index in [4.69, 9.17) is 4.74 Å². The van der Waals surface area contributed by atoms with Gasteiger partial charge in [0.05, 0.1) is 16.7 Å². The fourth-order valence-electron chi connectivity index (χ4n) is 4.56. The molecule has 0 bridgehead atoms. The van der Waals surface area contributed by atoms with Gasteiger partial charge in [-0.15, -0.1) is 0 Å². The molecule has 0 heterocycles. The molecule has 0 aliphatic carbocycles. The molecule has 0 saturated carbocycles. The predicted molar refractivity (Wildman–Crippen MR) is 147 cm³/mol. The molecule has 236 valence electrons. The molecule has 0 aromatic heterocycles. The standard InChI is InChI=1S/C33H22F10O2/c1-2-3-4-5-17-6-7-22(23(34)10-17)32(44)45-20-15-28(39)31(29(40)16-20)19-13-26(37)30(27(38)14-19)18-11-24(35)21(25(36)12-18)8-9-33(41,42)43/h6-16H,2-5H2,1H3/b9-8+. The lowest BCUT2D eigenvalue weighted by Crippen LogP contribution is -2.11. The maximum Gasteiger partial charge on any atom is 0.409 e. The third-order valence-electron chi connectivity index (χ3n) is 6.69. The van der Waals surface area contributed by atoms with Crippen LogP contribution in [0, 0.1) is 40.7 Å². The molecule has 0 amide bonds.